The number of ether oxygens (including phenoxy) is 1. The summed E-state index contributed by atoms with van der Waals surface area (Å²) < 4.78 is 4.90. The minimum atomic E-state index is -0.221. The lowest BCUT2D eigenvalue weighted by molar-refractivity contribution is -0.135. The Morgan fingerprint density at radius 3 is 2.91 bits per heavy atom. The Labute approximate surface area is 66.5 Å². The van der Waals surface area contributed by atoms with Crippen LogP contribution in [0.2, 0.25) is 0 Å². The molecule has 1 heterocycles. The average molecular weight is 155 g/mol. The predicted molar refractivity (Wildman–Crippen MR) is 42.8 cm³/mol. The lowest BCUT2D eigenvalue weighted by Gasteiger charge is -1.99. The molecule has 0 N–H and O–H groups in total. The van der Waals surface area contributed by atoms with Crippen molar-refractivity contribution in [3.63, 3.8) is 0 Å². The molecule has 0 atom stereocenters. The number of carbonyl (C=O) groups excluding carboxylic acids is 1. The Morgan fingerprint density at radius 1 is 1.64 bits per heavy atom. The van der Waals surface area contributed by atoms with Crippen LogP contribution in [0.25, 0.3) is 0 Å². The molecule has 0 fully saturated rings. The van der Waals surface area contributed by atoms with Crippen LogP contribution in [0, 0.1) is 0 Å². The fourth-order valence-electron chi connectivity index (χ4n) is 0.769. The zero-order valence-corrected chi connectivity index (χ0v) is 6.80. The van der Waals surface area contributed by atoms with Crippen LogP contribution >= 0.6 is 0 Å². The lowest BCUT2D eigenvalue weighted by Crippen LogP contribution is -2.10. The van der Waals surface area contributed by atoms with Crippen molar-refractivity contribution < 1.29 is 9.53 Å². The molecule has 3 heteroatoms. The van der Waals surface area contributed by atoms with E-state index in [9.17, 15) is 4.79 Å². The lowest BCUT2D eigenvalue weighted by atomic mass is 10.3. The second kappa shape index (κ2) is 4.11. The Hall–Kier alpha value is -0.860. The van der Waals surface area contributed by atoms with E-state index in [1.54, 1.807) is 0 Å². The van der Waals surface area contributed by atoms with E-state index in [1.807, 2.05) is 0 Å². The smallest absolute Gasteiger partial charge is 0.354 e. The summed E-state index contributed by atoms with van der Waals surface area (Å²) >= 11 is 0. The molecule has 11 heavy (non-hydrogen) atoms. The van der Waals surface area contributed by atoms with Gasteiger partial charge in [0.1, 0.15) is 5.71 Å². The summed E-state index contributed by atoms with van der Waals surface area (Å²) in [5.41, 5.74) is 0.599. The number of hydrogen-bond donors (Lipinski definition) is 0. The molecule has 0 aromatic carbocycles. The van der Waals surface area contributed by atoms with Crippen LogP contribution in [-0.2, 0) is 9.53 Å². The second-order valence-electron chi connectivity index (χ2n) is 2.61. The van der Waals surface area contributed by atoms with Gasteiger partial charge >= 0.3 is 5.97 Å². The zero-order valence-electron chi connectivity index (χ0n) is 6.80. The largest absolute Gasteiger partial charge is 0.461 e. The molecule has 0 saturated heterocycles. The maximum Gasteiger partial charge on any atom is 0.354 e. The highest BCUT2D eigenvalue weighted by Gasteiger charge is 2.20. The molecule has 0 aromatic heterocycles. The van der Waals surface area contributed by atoms with Gasteiger partial charge in [-0.15, -0.1) is 0 Å². The van der Waals surface area contributed by atoms with Gasteiger partial charge in [0, 0.05) is 0 Å². The Morgan fingerprint density at radius 2 is 2.36 bits per heavy atom. The third kappa shape index (κ3) is 3.16. The molecule has 3 nitrogen and oxygen atoms in total. The number of aliphatic imine (C=N–C) groups is 1. The topological polar surface area (TPSA) is 38.7 Å². The first kappa shape index (κ1) is 8.24. The van der Waals surface area contributed by atoms with Crippen LogP contribution < -0.4 is 0 Å². The van der Waals surface area contributed by atoms with Gasteiger partial charge < -0.3 is 4.74 Å². The Kier molecular flexibility index (Phi) is 3.08. The fourth-order valence-corrected chi connectivity index (χ4v) is 0.769. The summed E-state index contributed by atoms with van der Waals surface area (Å²) in [4.78, 5) is 14.6. The molecular formula is C8H13NO2. The van der Waals surface area contributed by atoms with Gasteiger partial charge in [0.25, 0.3) is 0 Å². The van der Waals surface area contributed by atoms with E-state index in [2.05, 4.69) is 11.9 Å². The normalized spacial score (nSPS) is 14.1. The number of hydrogen-bond acceptors (Lipinski definition) is 3. The standard InChI is InChI=1S/C8H13NO2/c1-2-3-4-5-11-8(10)7-6-9-7/h2-6H2,1H3. The van der Waals surface area contributed by atoms with Crippen LogP contribution in [0.3, 0.4) is 0 Å². The van der Waals surface area contributed by atoms with E-state index in [0.717, 1.165) is 19.3 Å². The highest BCUT2D eigenvalue weighted by atomic mass is 16.5. The number of carbonyl (C=O) groups is 1. The average Bonchev–Trinajstić information content (AvgIpc) is 2.79. The number of nitrogens with zero attached hydrogens (tertiary/aromatic N) is 1. The first-order valence-corrected chi connectivity index (χ1v) is 4.05. The van der Waals surface area contributed by atoms with Gasteiger partial charge in [-0.25, -0.2) is 4.79 Å². The summed E-state index contributed by atoms with van der Waals surface area (Å²) in [6, 6.07) is 0. The van der Waals surface area contributed by atoms with Crippen molar-refractivity contribution in [3.05, 3.63) is 0 Å². The molecule has 0 aliphatic carbocycles. The van der Waals surface area contributed by atoms with Crippen molar-refractivity contribution in [2.45, 2.75) is 26.2 Å². The van der Waals surface area contributed by atoms with Crippen molar-refractivity contribution in [2.75, 3.05) is 13.2 Å². The first-order chi connectivity index (χ1) is 5.34. The molecule has 1 aliphatic heterocycles. The van der Waals surface area contributed by atoms with Crippen molar-refractivity contribution in [1.29, 1.82) is 0 Å². The van der Waals surface area contributed by atoms with E-state index < -0.39 is 0 Å². The van der Waals surface area contributed by atoms with Gasteiger partial charge in [0.15, 0.2) is 0 Å². The minimum Gasteiger partial charge on any atom is -0.461 e. The van der Waals surface area contributed by atoms with Gasteiger partial charge in [-0.2, -0.15) is 0 Å². The van der Waals surface area contributed by atoms with Crippen molar-refractivity contribution in [2.24, 2.45) is 4.99 Å². The van der Waals surface area contributed by atoms with Gasteiger partial charge in [-0.3, -0.25) is 4.99 Å². The quantitative estimate of drug-likeness (QED) is 0.441. The van der Waals surface area contributed by atoms with E-state index in [4.69, 9.17) is 4.74 Å². The van der Waals surface area contributed by atoms with Crippen LogP contribution in [0.15, 0.2) is 4.99 Å². The number of rotatable bonds is 5. The second-order valence-corrected chi connectivity index (χ2v) is 2.61. The number of unbranched alkanes of at least 4 members (excludes halogenated alkanes) is 2. The molecule has 0 bridgehead atoms. The third-order valence-electron chi connectivity index (χ3n) is 1.53. The molecule has 62 valence electrons. The molecular weight excluding hydrogens is 142 g/mol. The summed E-state index contributed by atoms with van der Waals surface area (Å²) in [5, 5.41) is 0. The zero-order chi connectivity index (χ0) is 8.10. The third-order valence-corrected chi connectivity index (χ3v) is 1.53. The van der Waals surface area contributed by atoms with Gasteiger partial charge in [0.2, 0.25) is 0 Å². The van der Waals surface area contributed by atoms with E-state index in [-0.39, 0.29) is 5.97 Å². The van der Waals surface area contributed by atoms with Crippen molar-refractivity contribution >= 4 is 11.7 Å². The molecule has 0 spiro atoms. The summed E-state index contributed by atoms with van der Waals surface area (Å²) in [6.45, 7) is 3.26. The minimum absolute atomic E-state index is 0.221. The van der Waals surface area contributed by atoms with Gasteiger partial charge in [0.05, 0.1) is 13.2 Å². The molecule has 0 unspecified atom stereocenters. The monoisotopic (exact) mass is 155 g/mol. The molecule has 0 saturated carbocycles. The maximum absolute atomic E-state index is 10.8. The number of esters is 1. The van der Waals surface area contributed by atoms with Crippen LogP contribution in [0.5, 0.6) is 0 Å². The molecule has 0 radical (unpaired) electrons. The SMILES string of the molecule is CCCCCOC(=O)C1=NC1. The maximum atomic E-state index is 10.8. The highest BCUT2D eigenvalue weighted by Crippen LogP contribution is 2.00. The van der Waals surface area contributed by atoms with E-state index in [1.165, 1.54) is 0 Å². The van der Waals surface area contributed by atoms with Gasteiger partial charge in [-0.05, 0) is 6.42 Å². The van der Waals surface area contributed by atoms with Crippen LogP contribution in [0.1, 0.15) is 26.2 Å². The van der Waals surface area contributed by atoms with E-state index >= 15 is 0 Å². The fraction of sp³-hybridized carbons (Fsp3) is 0.750. The molecule has 0 aromatic rings. The summed E-state index contributed by atoms with van der Waals surface area (Å²) in [7, 11) is 0. The van der Waals surface area contributed by atoms with E-state index in [0.29, 0.717) is 18.9 Å². The van der Waals surface area contributed by atoms with Crippen LogP contribution in [-0.4, -0.2) is 24.8 Å². The van der Waals surface area contributed by atoms with Crippen molar-refractivity contribution in [3.8, 4) is 0 Å². The van der Waals surface area contributed by atoms with Crippen LogP contribution in [0.4, 0.5) is 0 Å². The Bertz CT molecular complexity index is 175. The van der Waals surface area contributed by atoms with Gasteiger partial charge in [-0.1, -0.05) is 19.8 Å². The van der Waals surface area contributed by atoms with Crippen molar-refractivity contribution in [1.82, 2.24) is 0 Å². The molecule has 1 rings (SSSR count). The summed E-state index contributed by atoms with van der Waals surface area (Å²) in [5.74, 6) is -0.221. The highest BCUT2D eigenvalue weighted by molar-refractivity contribution is 6.42. The Balaban J connectivity index is 1.94. The molecule has 0 amide bonds. The summed E-state index contributed by atoms with van der Waals surface area (Å²) in [6.07, 6.45) is 3.24. The molecule has 1 aliphatic rings. The first-order valence-electron chi connectivity index (χ1n) is 4.05. The predicted octanol–water partition coefficient (Wildman–Crippen LogP) is 1.17.